The summed E-state index contributed by atoms with van der Waals surface area (Å²) in [6, 6.07) is 9.71. The van der Waals surface area contributed by atoms with Crippen LogP contribution in [0.15, 0.2) is 61.3 Å². The lowest BCUT2D eigenvalue weighted by Gasteiger charge is -2.32. The molecule has 29 heavy (non-hydrogen) atoms. The van der Waals surface area contributed by atoms with E-state index >= 15 is 0 Å². The van der Waals surface area contributed by atoms with Crippen LogP contribution in [-0.4, -0.2) is 50.2 Å². The molecule has 7 heteroatoms. The Morgan fingerprint density at radius 3 is 2.62 bits per heavy atom. The van der Waals surface area contributed by atoms with Gasteiger partial charge in [-0.2, -0.15) is 5.10 Å². The highest BCUT2D eigenvalue weighted by atomic mass is 16.2. The van der Waals surface area contributed by atoms with Gasteiger partial charge in [0.25, 0.3) is 5.91 Å². The van der Waals surface area contributed by atoms with E-state index in [-0.39, 0.29) is 5.91 Å². The summed E-state index contributed by atoms with van der Waals surface area (Å²) in [6.07, 6.45) is 12.0. The zero-order valence-electron chi connectivity index (χ0n) is 16.4. The minimum atomic E-state index is 0.0679. The average Bonchev–Trinajstić information content (AvgIpc) is 3.28. The van der Waals surface area contributed by atoms with E-state index in [1.807, 2.05) is 52.3 Å². The van der Waals surface area contributed by atoms with Crippen LogP contribution in [-0.2, 0) is 13.0 Å². The molecule has 4 heterocycles. The van der Waals surface area contributed by atoms with Crippen molar-refractivity contribution >= 4 is 11.7 Å². The molecule has 0 atom stereocenters. The summed E-state index contributed by atoms with van der Waals surface area (Å²) in [4.78, 5) is 23.1. The third-order valence-electron chi connectivity index (χ3n) is 5.39. The number of nitrogens with one attached hydrogen (secondary N) is 1. The van der Waals surface area contributed by atoms with Crippen LogP contribution in [0, 0.1) is 5.92 Å². The second-order valence-corrected chi connectivity index (χ2v) is 7.43. The number of carbonyl (C=O) groups excluding carboxylic acids is 1. The molecule has 0 aliphatic carbocycles. The van der Waals surface area contributed by atoms with E-state index in [0.29, 0.717) is 11.5 Å². The second-order valence-electron chi connectivity index (χ2n) is 7.43. The maximum atomic E-state index is 12.8. The third-order valence-corrected chi connectivity index (χ3v) is 5.39. The molecule has 7 nitrogen and oxygen atoms in total. The van der Waals surface area contributed by atoms with Crippen LogP contribution in [0.25, 0.3) is 0 Å². The van der Waals surface area contributed by atoms with Gasteiger partial charge in [0, 0.05) is 57.2 Å². The van der Waals surface area contributed by atoms with Crippen LogP contribution in [0.5, 0.6) is 0 Å². The molecular formula is C22H26N6O. The number of piperidine rings is 1. The summed E-state index contributed by atoms with van der Waals surface area (Å²) < 4.78 is 1.98. The molecule has 3 aromatic heterocycles. The highest BCUT2D eigenvalue weighted by Crippen LogP contribution is 2.20. The van der Waals surface area contributed by atoms with Crippen molar-refractivity contribution in [3.05, 3.63) is 72.4 Å². The van der Waals surface area contributed by atoms with Gasteiger partial charge in [0.15, 0.2) is 0 Å². The van der Waals surface area contributed by atoms with E-state index in [4.69, 9.17) is 0 Å². The Morgan fingerprint density at radius 2 is 1.93 bits per heavy atom. The highest BCUT2D eigenvalue weighted by molar-refractivity contribution is 5.94. The molecule has 4 rings (SSSR count). The quantitative estimate of drug-likeness (QED) is 0.671. The van der Waals surface area contributed by atoms with Crippen molar-refractivity contribution in [1.82, 2.24) is 24.6 Å². The Bertz CT molecular complexity index is 887. The summed E-state index contributed by atoms with van der Waals surface area (Å²) in [5.41, 5.74) is 1.88. The maximum absolute atomic E-state index is 12.8. The van der Waals surface area contributed by atoms with Crippen molar-refractivity contribution in [3.63, 3.8) is 0 Å². The molecule has 0 radical (unpaired) electrons. The van der Waals surface area contributed by atoms with Gasteiger partial charge in [0.1, 0.15) is 5.82 Å². The monoisotopic (exact) mass is 390 g/mol. The fourth-order valence-corrected chi connectivity index (χ4v) is 3.68. The van der Waals surface area contributed by atoms with Crippen molar-refractivity contribution in [2.24, 2.45) is 5.92 Å². The summed E-state index contributed by atoms with van der Waals surface area (Å²) in [6.45, 7) is 3.29. The summed E-state index contributed by atoms with van der Waals surface area (Å²) in [7, 11) is 0. The molecule has 1 aliphatic heterocycles. The number of nitrogens with zero attached hydrogens (tertiary/aromatic N) is 5. The zero-order chi connectivity index (χ0) is 19.9. The van der Waals surface area contributed by atoms with Crippen molar-refractivity contribution in [3.8, 4) is 0 Å². The molecule has 0 saturated carbocycles. The van der Waals surface area contributed by atoms with Crippen LogP contribution in [0.3, 0.4) is 0 Å². The van der Waals surface area contributed by atoms with E-state index in [1.54, 1.807) is 18.6 Å². The van der Waals surface area contributed by atoms with Gasteiger partial charge in [0.2, 0.25) is 0 Å². The molecule has 3 aromatic rings. The van der Waals surface area contributed by atoms with Gasteiger partial charge in [-0.3, -0.25) is 14.5 Å². The maximum Gasteiger partial charge on any atom is 0.255 e. The van der Waals surface area contributed by atoms with Gasteiger partial charge in [-0.05, 0) is 61.1 Å². The first-order valence-corrected chi connectivity index (χ1v) is 10.1. The number of anilines is 1. The number of hydrogen-bond acceptors (Lipinski definition) is 5. The molecule has 0 unspecified atom stereocenters. The average molecular weight is 390 g/mol. The molecule has 0 aromatic carbocycles. The summed E-state index contributed by atoms with van der Waals surface area (Å²) in [5, 5.41) is 7.58. The van der Waals surface area contributed by atoms with E-state index < -0.39 is 0 Å². The van der Waals surface area contributed by atoms with Crippen LogP contribution >= 0.6 is 0 Å². The number of amides is 1. The van der Waals surface area contributed by atoms with Gasteiger partial charge in [-0.1, -0.05) is 0 Å². The lowest BCUT2D eigenvalue weighted by atomic mass is 9.96. The van der Waals surface area contributed by atoms with Crippen LogP contribution in [0.2, 0.25) is 0 Å². The number of likely N-dealkylation sites (tertiary alicyclic amines) is 1. The fourth-order valence-electron chi connectivity index (χ4n) is 3.68. The predicted molar refractivity (Wildman–Crippen MR) is 112 cm³/mol. The SMILES string of the molecule is O=C(c1ccc(NCCc2ccncc2)nc1)N1CCC(Cn2cccn2)CC1. The largest absolute Gasteiger partial charge is 0.370 e. The molecule has 1 amide bonds. The second kappa shape index (κ2) is 9.32. The lowest BCUT2D eigenvalue weighted by Crippen LogP contribution is -2.39. The van der Waals surface area contributed by atoms with Crippen molar-refractivity contribution in [2.75, 3.05) is 25.0 Å². The van der Waals surface area contributed by atoms with E-state index in [2.05, 4.69) is 20.4 Å². The first kappa shape index (κ1) is 19.1. The highest BCUT2D eigenvalue weighted by Gasteiger charge is 2.24. The molecule has 150 valence electrons. The smallest absolute Gasteiger partial charge is 0.255 e. The molecule has 1 N–H and O–H groups in total. The Labute approximate surface area is 170 Å². The molecule has 1 aliphatic rings. The zero-order valence-corrected chi connectivity index (χ0v) is 16.4. The van der Waals surface area contributed by atoms with Crippen molar-refractivity contribution in [2.45, 2.75) is 25.8 Å². The van der Waals surface area contributed by atoms with Gasteiger partial charge < -0.3 is 10.2 Å². The Kier molecular flexibility index (Phi) is 6.14. The molecule has 0 spiro atoms. The first-order chi connectivity index (χ1) is 14.3. The lowest BCUT2D eigenvalue weighted by molar-refractivity contribution is 0.0681. The van der Waals surface area contributed by atoms with Crippen molar-refractivity contribution < 1.29 is 4.79 Å². The van der Waals surface area contributed by atoms with E-state index in [1.165, 1.54) is 5.56 Å². The molecule has 1 fully saturated rings. The van der Waals surface area contributed by atoms with Gasteiger partial charge in [-0.25, -0.2) is 4.98 Å². The Balaban J connectivity index is 1.24. The van der Waals surface area contributed by atoms with Gasteiger partial charge in [0.05, 0.1) is 5.56 Å². The van der Waals surface area contributed by atoms with Crippen molar-refractivity contribution in [1.29, 1.82) is 0 Å². The minimum Gasteiger partial charge on any atom is -0.370 e. The van der Waals surface area contributed by atoms with Gasteiger partial charge in [-0.15, -0.1) is 0 Å². The Hall–Kier alpha value is -3.22. The Morgan fingerprint density at radius 1 is 1.10 bits per heavy atom. The fraction of sp³-hybridized carbons (Fsp3) is 0.364. The molecular weight excluding hydrogens is 364 g/mol. The standard InChI is InChI=1S/C22H26N6O/c29-22(27-14-7-19(8-15-27)17-28-13-1-9-26-28)20-2-3-21(25-16-20)24-12-6-18-4-10-23-11-5-18/h1-5,9-11,13,16,19H,6-8,12,14-15,17H2,(H,24,25). The third kappa shape index (κ3) is 5.19. The molecule has 0 bridgehead atoms. The number of hydrogen-bond donors (Lipinski definition) is 1. The minimum absolute atomic E-state index is 0.0679. The number of carbonyl (C=O) groups is 1. The van der Waals surface area contributed by atoms with E-state index in [0.717, 1.165) is 51.3 Å². The van der Waals surface area contributed by atoms with Crippen LogP contribution < -0.4 is 5.32 Å². The molecule has 1 saturated heterocycles. The number of pyridine rings is 2. The summed E-state index contributed by atoms with van der Waals surface area (Å²) >= 11 is 0. The number of aromatic nitrogens is 4. The van der Waals surface area contributed by atoms with Crippen LogP contribution in [0.1, 0.15) is 28.8 Å². The topological polar surface area (TPSA) is 75.9 Å². The summed E-state index contributed by atoms with van der Waals surface area (Å²) in [5.74, 6) is 1.43. The first-order valence-electron chi connectivity index (χ1n) is 10.1. The normalized spacial score (nSPS) is 14.7. The number of rotatable bonds is 7. The van der Waals surface area contributed by atoms with Crippen LogP contribution in [0.4, 0.5) is 5.82 Å². The van der Waals surface area contributed by atoms with Gasteiger partial charge >= 0.3 is 0 Å². The predicted octanol–water partition coefficient (Wildman–Crippen LogP) is 2.88. The van der Waals surface area contributed by atoms with E-state index in [9.17, 15) is 4.79 Å².